The van der Waals surface area contributed by atoms with Gasteiger partial charge in [0.05, 0.1) is 18.8 Å². The monoisotopic (exact) mass is 236 g/mol. The molecule has 0 amide bonds. The van der Waals surface area contributed by atoms with E-state index in [9.17, 15) is 4.79 Å². The summed E-state index contributed by atoms with van der Waals surface area (Å²) in [5.74, 6) is -0.179. The minimum Gasteiger partial charge on any atom is -0.465 e. The molecule has 0 atom stereocenters. The summed E-state index contributed by atoms with van der Waals surface area (Å²) >= 11 is 0. The highest BCUT2D eigenvalue weighted by atomic mass is 16.5. The Morgan fingerprint density at radius 3 is 2.76 bits per heavy atom. The van der Waals surface area contributed by atoms with E-state index in [2.05, 4.69) is 4.98 Å². The van der Waals surface area contributed by atoms with Crippen LogP contribution in [0.25, 0.3) is 0 Å². The Labute approximate surface area is 103 Å². The molecule has 0 saturated heterocycles. The van der Waals surface area contributed by atoms with Gasteiger partial charge >= 0.3 is 5.97 Å². The van der Waals surface area contributed by atoms with Crippen LogP contribution < -0.4 is 0 Å². The molecule has 1 aromatic heterocycles. The molecule has 4 nitrogen and oxygen atoms in total. The summed E-state index contributed by atoms with van der Waals surface area (Å²) in [4.78, 5) is 17.8. The van der Waals surface area contributed by atoms with Crippen LogP contribution in [0, 0.1) is 6.92 Å². The van der Waals surface area contributed by atoms with Crippen LogP contribution in [0.15, 0.2) is 18.2 Å². The van der Waals surface area contributed by atoms with E-state index in [0.29, 0.717) is 19.7 Å². The van der Waals surface area contributed by atoms with Crippen molar-refractivity contribution in [2.45, 2.75) is 27.3 Å². The number of hydrogen-bond donors (Lipinski definition) is 0. The van der Waals surface area contributed by atoms with Crippen molar-refractivity contribution in [3.63, 3.8) is 0 Å². The maximum atomic E-state index is 11.4. The fourth-order valence-corrected chi connectivity index (χ4v) is 1.59. The molecule has 0 radical (unpaired) electrons. The molecule has 0 aromatic carbocycles. The lowest BCUT2D eigenvalue weighted by Gasteiger charge is -2.18. The van der Waals surface area contributed by atoms with Gasteiger partial charge in [-0.2, -0.15) is 0 Å². The van der Waals surface area contributed by atoms with Gasteiger partial charge in [-0.05, 0) is 32.5 Å². The Morgan fingerprint density at radius 2 is 2.18 bits per heavy atom. The first-order valence-electron chi connectivity index (χ1n) is 5.96. The van der Waals surface area contributed by atoms with Gasteiger partial charge in [0.25, 0.3) is 0 Å². The lowest BCUT2D eigenvalue weighted by atomic mass is 10.3. The number of carbonyl (C=O) groups excluding carboxylic acids is 1. The SMILES string of the molecule is CCOC(=O)CN(CC)Cc1cccc(C)n1. The highest BCUT2D eigenvalue weighted by molar-refractivity contribution is 5.71. The number of esters is 1. The summed E-state index contributed by atoms with van der Waals surface area (Å²) in [5, 5.41) is 0. The van der Waals surface area contributed by atoms with Gasteiger partial charge in [0.15, 0.2) is 0 Å². The molecule has 0 spiro atoms. The largest absolute Gasteiger partial charge is 0.465 e. The Kier molecular flexibility index (Phi) is 5.63. The van der Waals surface area contributed by atoms with Gasteiger partial charge in [-0.1, -0.05) is 13.0 Å². The summed E-state index contributed by atoms with van der Waals surface area (Å²) in [5.41, 5.74) is 1.98. The molecular formula is C13H20N2O2. The Balaban J connectivity index is 2.54. The van der Waals surface area contributed by atoms with E-state index >= 15 is 0 Å². The molecule has 1 heterocycles. The molecule has 1 rings (SSSR count). The molecule has 0 aliphatic rings. The average Bonchev–Trinajstić information content (AvgIpc) is 2.28. The Hall–Kier alpha value is -1.42. The van der Waals surface area contributed by atoms with E-state index in [1.807, 2.05) is 43.9 Å². The number of ether oxygens (including phenoxy) is 1. The van der Waals surface area contributed by atoms with Crippen LogP contribution in [0.4, 0.5) is 0 Å². The normalized spacial score (nSPS) is 10.6. The molecule has 0 aliphatic carbocycles. The van der Waals surface area contributed by atoms with Crippen molar-refractivity contribution in [3.05, 3.63) is 29.6 Å². The van der Waals surface area contributed by atoms with E-state index in [1.54, 1.807) is 0 Å². The van der Waals surface area contributed by atoms with Crippen LogP contribution in [0.3, 0.4) is 0 Å². The van der Waals surface area contributed by atoms with Gasteiger partial charge in [-0.25, -0.2) is 0 Å². The quantitative estimate of drug-likeness (QED) is 0.706. The van der Waals surface area contributed by atoms with E-state index in [1.165, 1.54) is 0 Å². The van der Waals surface area contributed by atoms with Gasteiger partial charge in [0, 0.05) is 12.2 Å². The fraction of sp³-hybridized carbons (Fsp3) is 0.538. The molecule has 0 unspecified atom stereocenters. The molecule has 0 saturated carbocycles. The predicted molar refractivity (Wildman–Crippen MR) is 66.6 cm³/mol. The zero-order chi connectivity index (χ0) is 12.7. The van der Waals surface area contributed by atoms with Crippen molar-refractivity contribution in [1.82, 2.24) is 9.88 Å². The van der Waals surface area contributed by atoms with Gasteiger partial charge in [-0.15, -0.1) is 0 Å². The number of hydrogen-bond acceptors (Lipinski definition) is 4. The summed E-state index contributed by atoms with van der Waals surface area (Å²) < 4.78 is 4.93. The minimum atomic E-state index is -0.179. The molecule has 0 aliphatic heterocycles. The fourth-order valence-electron chi connectivity index (χ4n) is 1.59. The zero-order valence-electron chi connectivity index (χ0n) is 10.8. The van der Waals surface area contributed by atoms with Gasteiger partial charge in [0.1, 0.15) is 0 Å². The lowest BCUT2D eigenvalue weighted by Crippen LogP contribution is -2.30. The molecule has 17 heavy (non-hydrogen) atoms. The molecule has 94 valence electrons. The van der Waals surface area contributed by atoms with Crippen molar-refractivity contribution in [1.29, 1.82) is 0 Å². The summed E-state index contributed by atoms with van der Waals surface area (Å²) in [7, 11) is 0. The topological polar surface area (TPSA) is 42.4 Å². The third-order valence-corrected chi connectivity index (χ3v) is 2.44. The molecule has 0 bridgehead atoms. The van der Waals surface area contributed by atoms with Crippen molar-refractivity contribution in [2.24, 2.45) is 0 Å². The number of rotatable bonds is 6. The summed E-state index contributed by atoms with van der Waals surface area (Å²) in [6.07, 6.45) is 0. The molecule has 1 aromatic rings. The molecule has 0 fully saturated rings. The summed E-state index contributed by atoms with van der Waals surface area (Å²) in [6, 6.07) is 5.92. The third kappa shape index (κ3) is 4.95. The highest BCUT2D eigenvalue weighted by Gasteiger charge is 2.10. The predicted octanol–water partition coefficient (Wildman–Crippen LogP) is 1.78. The first-order chi connectivity index (χ1) is 8.15. The second-order valence-corrected chi connectivity index (χ2v) is 3.88. The third-order valence-electron chi connectivity index (χ3n) is 2.44. The summed E-state index contributed by atoms with van der Waals surface area (Å²) in [6.45, 7) is 8.03. The van der Waals surface area contributed by atoms with Crippen LogP contribution in [0.5, 0.6) is 0 Å². The number of carbonyl (C=O) groups is 1. The maximum absolute atomic E-state index is 11.4. The first-order valence-corrected chi connectivity index (χ1v) is 5.96. The molecule has 0 N–H and O–H groups in total. The van der Waals surface area contributed by atoms with Crippen LogP contribution in [0.1, 0.15) is 25.2 Å². The second-order valence-electron chi connectivity index (χ2n) is 3.88. The second kappa shape index (κ2) is 7.01. The van der Waals surface area contributed by atoms with E-state index < -0.39 is 0 Å². The van der Waals surface area contributed by atoms with E-state index in [0.717, 1.165) is 17.9 Å². The molecule has 4 heteroatoms. The number of aromatic nitrogens is 1. The van der Waals surface area contributed by atoms with Crippen LogP contribution in [0.2, 0.25) is 0 Å². The number of likely N-dealkylation sites (N-methyl/N-ethyl adjacent to an activating group) is 1. The van der Waals surface area contributed by atoms with Crippen molar-refractivity contribution in [3.8, 4) is 0 Å². The first kappa shape index (κ1) is 13.6. The van der Waals surface area contributed by atoms with Crippen molar-refractivity contribution >= 4 is 5.97 Å². The van der Waals surface area contributed by atoms with Crippen LogP contribution >= 0.6 is 0 Å². The smallest absolute Gasteiger partial charge is 0.320 e. The highest BCUT2D eigenvalue weighted by Crippen LogP contribution is 2.03. The number of aryl methyl sites for hydroxylation is 1. The Bertz CT molecular complexity index is 366. The number of pyridine rings is 1. The minimum absolute atomic E-state index is 0.179. The maximum Gasteiger partial charge on any atom is 0.320 e. The van der Waals surface area contributed by atoms with E-state index in [4.69, 9.17) is 4.74 Å². The van der Waals surface area contributed by atoms with Crippen LogP contribution in [-0.4, -0.2) is 35.5 Å². The van der Waals surface area contributed by atoms with Crippen molar-refractivity contribution < 1.29 is 9.53 Å². The lowest BCUT2D eigenvalue weighted by molar-refractivity contribution is -0.144. The zero-order valence-corrected chi connectivity index (χ0v) is 10.8. The van der Waals surface area contributed by atoms with Gasteiger partial charge in [0.2, 0.25) is 0 Å². The average molecular weight is 236 g/mol. The van der Waals surface area contributed by atoms with E-state index in [-0.39, 0.29) is 5.97 Å². The standard InChI is InChI=1S/C13H20N2O2/c1-4-15(10-13(16)17-5-2)9-12-8-6-7-11(3)14-12/h6-8H,4-5,9-10H2,1-3H3. The Morgan fingerprint density at radius 1 is 1.41 bits per heavy atom. The van der Waals surface area contributed by atoms with Crippen molar-refractivity contribution in [2.75, 3.05) is 19.7 Å². The molecular weight excluding hydrogens is 216 g/mol. The van der Waals surface area contributed by atoms with Gasteiger partial charge < -0.3 is 4.74 Å². The van der Waals surface area contributed by atoms with Crippen LogP contribution in [-0.2, 0) is 16.1 Å². The van der Waals surface area contributed by atoms with Gasteiger partial charge in [-0.3, -0.25) is 14.7 Å². The number of nitrogens with zero attached hydrogens (tertiary/aromatic N) is 2.